The molecule has 2 N–H and O–H groups in total. The molecule has 1 aliphatic heterocycles. The van der Waals surface area contributed by atoms with E-state index in [-0.39, 0.29) is 47.5 Å². The Kier molecular flexibility index (Phi) is 8.13. The van der Waals surface area contributed by atoms with Gasteiger partial charge in [-0.25, -0.2) is 8.42 Å². The van der Waals surface area contributed by atoms with Crippen LogP contribution in [0, 0.1) is 5.41 Å². The number of hydrogen-bond acceptors (Lipinski definition) is 6. The molecule has 1 atom stereocenters. The molecule has 0 aromatic heterocycles. The quantitative estimate of drug-likeness (QED) is 0.748. The largest absolute Gasteiger partial charge is 0.497 e. The van der Waals surface area contributed by atoms with Crippen LogP contribution in [-0.2, 0) is 14.8 Å². The summed E-state index contributed by atoms with van der Waals surface area (Å²) < 4.78 is 37.8. The molecule has 1 heterocycles. The van der Waals surface area contributed by atoms with Crippen LogP contribution in [-0.4, -0.2) is 70.0 Å². The van der Waals surface area contributed by atoms with Crippen molar-refractivity contribution in [2.45, 2.75) is 31.7 Å². The Bertz CT molecular complexity index is 787. The number of nitrogens with two attached hydrogens (primary N) is 1. The Hall–Kier alpha value is -1.55. The van der Waals surface area contributed by atoms with Gasteiger partial charge >= 0.3 is 0 Å². The van der Waals surface area contributed by atoms with Gasteiger partial charge < -0.3 is 20.1 Å². The van der Waals surface area contributed by atoms with E-state index in [0.717, 1.165) is 0 Å². The topological polar surface area (TPSA) is 102 Å². The standard InChI is InChI=1S/C18H29N3O5S.ClH/c1-18(2,3)16(19)17(22)20-8-10-21(11-9-20)27(23,24)15-12-13(25-4)6-7-14(15)26-5;/h6-7,12,16H,8-11,19H2,1-5H3;1H/t16-;/m1./s1. The van der Waals surface area contributed by atoms with E-state index in [4.69, 9.17) is 15.2 Å². The molecule has 1 aliphatic rings. The van der Waals surface area contributed by atoms with Crippen molar-refractivity contribution in [2.75, 3.05) is 40.4 Å². The summed E-state index contributed by atoms with van der Waals surface area (Å²) in [6.07, 6.45) is 0. The first kappa shape index (κ1) is 24.5. The molecule has 0 saturated carbocycles. The highest BCUT2D eigenvalue weighted by molar-refractivity contribution is 7.89. The molecule has 1 aromatic rings. The minimum atomic E-state index is -3.78. The Balaban J connectivity index is 0.00000392. The van der Waals surface area contributed by atoms with Crippen LogP contribution in [0.4, 0.5) is 0 Å². The first-order valence-electron chi connectivity index (χ1n) is 8.79. The number of hydrogen-bond donors (Lipinski definition) is 1. The molecule has 0 radical (unpaired) electrons. The fourth-order valence-electron chi connectivity index (χ4n) is 2.84. The smallest absolute Gasteiger partial charge is 0.247 e. The van der Waals surface area contributed by atoms with Crippen LogP contribution in [0.3, 0.4) is 0 Å². The fraction of sp³-hybridized carbons (Fsp3) is 0.611. The molecular weight excluding hydrogens is 406 g/mol. The van der Waals surface area contributed by atoms with E-state index in [1.807, 2.05) is 20.8 Å². The summed E-state index contributed by atoms with van der Waals surface area (Å²) in [5.74, 6) is 0.530. The summed E-state index contributed by atoms with van der Waals surface area (Å²) in [6.45, 7) is 6.72. The zero-order chi connectivity index (χ0) is 20.4. The Morgan fingerprint density at radius 1 is 1.11 bits per heavy atom. The van der Waals surface area contributed by atoms with E-state index in [9.17, 15) is 13.2 Å². The molecular formula is C18H30ClN3O5S. The second-order valence-electron chi connectivity index (χ2n) is 7.59. The number of nitrogens with zero attached hydrogens (tertiary/aromatic N) is 2. The van der Waals surface area contributed by atoms with E-state index in [1.165, 1.54) is 24.6 Å². The van der Waals surface area contributed by atoms with Gasteiger partial charge in [-0.05, 0) is 17.5 Å². The first-order chi connectivity index (χ1) is 12.5. The molecule has 0 unspecified atom stereocenters. The molecule has 1 fully saturated rings. The molecule has 0 spiro atoms. The van der Waals surface area contributed by atoms with Crippen molar-refractivity contribution in [1.29, 1.82) is 0 Å². The molecule has 0 bridgehead atoms. The average molecular weight is 436 g/mol. The van der Waals surface area contributed by atoms with Gasteiger partial charge in [-0.3, -0.25) is 4.79 Å². The molecule has 28 heavy (non-hydrogen) atoms. The van der Waals surface area contributed by atoms with Gasteiger partial charge in [-0.1, -0.05) is 20.8 Å². The highest BCUT2D eigenvalue weighted by Crippen LogP contribution is 2.31. The van der Waals surface area contributed by atoms with Crippen LogP contribution in [0.15, 0.2) is 23.1 Å². The van der Waals surface area contributed by atoms with Crippen LogP contribution < -0.4 is 15.2 Å². The van der Waals surface area contributed by atoms with Crippen molar-refractivity contribution >= 4 is 28.3 Å². The lowest BCUT2D eigenvalue weighted by molar-refractivity contribution is -0.136. The molecule has 1 amide bonds. The number of amides is 1. The number of carbonyl (C=O) groups is 1. The van der Waals surface area contributed by atoms with Crippen molar-refractivity contribution < 1.29 is 22.7 Å². The minimum absolute atomic E-state index is 0. The third-order valence-electron chi connectivity index (χ3n) is 4.74. The summed E-state index contributed by atoms with van der Waals surface area (Å²) in [5, 5.41) is 0. The van der Waals surface area contributed by atoms with E-state index in [2.05, 4.69) is 0 Å². The maximum atomic E-state index is 13.1. The maximum absolute atomic E-state index is 13.1. The van der Waals surface area contributed by atoms with Crippen molar-refractivity contribution in [2.24, 2.45) is 11.1 Å². The van der Waals surface area contributed by atoms with Crippen LogP contribution in [0.25, 0.3) is 0 Å². The zero-order valence-corrected chi connectivity index (χ0v) is 18.6. The van der Waals surface area contributed by atoms with Crippen LogP contribution in [0.1, 0.15) is 20.8 Å². The summed E-state index contributed by atoms with van der Waals surface area (Å²) in [6, 6.07) is 4.02. The Labute approximate surface area is 173 Å². The van der Waals surface area contributed by atoms with Gasteiger partial charge in [-0.2, -0.15) is 4.31 Å². The molecule has 8 nitrogen and oxygen atoms in total. The van der Waals surface area contributed by atoms with Gasteiger partial charge in [0.05, 0.1) is 20.3 Å². The third kappa shape index (κ3) is 5.08. The minimum Gasteiger partial charge on any atom is -0.497 e. The number of rotatable bonds is 5. The molecule has 0 aliphatic carbocycles. The average Bonchev–Trinajstić information content (AvgIpc) is 2.65. The van der Waals surface area contributed by atoms with Gasteiger partial charge in [0.1, 0.15) is 16.4 Å². The summed E-state index contributed by atoms with van der Waals surface area (Å²) in [7, 11) is -0.881. The highest BCUT2D eigenvalue weighted by atomic mass is 35.5. The number of ether oxygens (including phenoxy) is 2. The lowest BCUT2D eigenvalue weighted by atomic mass is 9.86. The van der Waals surface area contributed by atoms with Crippen molar-refractivity contribution in [3.8, 4) is 11.5 Å². The maximum Gasteiger partial charge on any atom is 0.247 e. The normalized spacial score (nSPS) is 16.9. The number of carbonyl (C=O) groups excluding carboxylic acids is 1. The number of piperazine rings is 1. The Morgan fingerprint density at radius 3 is 2.14 bits per heavy atom. The highest BCUT2D eigenvalue weighted by Gasteiger charge is 2.36. The second-order valence-corrected chi connectivity index (χ2v) is 9.50. The predicted octanol–water partition coefficient (Wildman–Crippen LogP) is 1.33. The fourth-order valence-corrected chi connectivity index (χ4v) is 4.43. The van der Waals surface area contributed by atoms with Gasteiger partial charge in [0.25, 0.3) is 0 Å². The second kappa shape index (κ2) is 9.30. The molecule has 2 rings (SSSR count). The van der Waals surface area contributed by atoms with Crippen LogP contribution in [0.2, 0.25) is 0 Å². The predicted molar refractivity (Wildman–Crippen MR) is 110 cm³/mol. The number of methoxy groups -OCH3 is 2. The number of halogens is 1. The molecule has 1 saturated heterocycles. The lowest BCUT2D eigenvalue weighted by Gasteiger charge is -2.37. The van der Waals surface area contributed by atoms with Gasteiger partial charge in [-0.15, -0.1) is 12.4 Å². The Morgan fingerprint density at radius 2 is 1.68 bits per heavy atom. The van der Waals surface area contributed by atoms with Gasteiger partial charge in [0.15, 0.2) is 0 Å². The third-order valence-corrected chi connectivity index (χ3v) is 6.66. The lowest BCUT2D eigenvalue weighted by Crippen LogP contribution is -2.56. The molecule has 160 valence electrons. The van der Waals surface area contributed by atoms with Gasteiger partial charge in [0, 0.05) is 32.2 Å². The summed E-state index contributed by atoms with van der Waals surface area (Å²) in [5.41, 5.74) is 5.70. The molecule has 1 aromatic carbocycles. The summed E-state index contributed by atoms with van der Waals surface area (Å²) in [4.78, 5) is 14.2. The van der Waals surface area contributed by atoms with Crippen LogP contribution >= 0.6 is 12.4 Å². The summed E-state index contributed by atoms with van der Waals surface area (Å²) >= 11 is 0. The van der Waals surface area contributed by atoms with E-state index in [1.54, 1.807) is 17.0 Å². The van der Waals surface area contributed by atoms with Gasteiger partial charge in [0.2, 0.25) is 15.9 Å². The molecule has 10 heteroatoms. The monoisotopic (exact) mass is 435 g/mol. The number of sulfonamides is 1. The van der Waals surface area contributed by atoms with Crippen LogP contribution in [0.5, 0.6) is 11.5 Å². The zero-order valence-electron chi connectivity index (χ0n) is 17.0. The van der Waals surface area contributed by atoms with E-state index in [0.29, 0.717) is 18.8 Å². The van der Waals surface area contributed by atoms with E-state index < -0.39 is 16.1 Å². The SMILES string of the molecule is COc1ccc(OC)c(S(=O)(=O)N2CCN(C(=O)[C@@H](N)C(C)(C)C)CC2)c1.Cl. The first-order valence-corrected chi connectivity index (χ1v) is 10.2. The number of benzene rings is 1. The van der Waals surface area contributed by atoms with Crippen molar-refractivity contribution in [1.82, 2.24) is 9.21 Å². The van der Waals surface area contributed by atoms with Crippen molar-refractivity contribution in [3.05, 3.63) is 18.2 Å². The van der Waals surface area contributed by atoms with Crippen molar-refractivity contribution in [3.63, 3.8) is 0 Å². The van der Waals surface area contributed by atoms with E-state index >= 15 is 0 Å².